The first-order valence-electron chi connectivity index (χ1n) is 6.69. The quantitative estimate of drug-likeness (QED) is 0.854. The van der Waals surface area contributed by atoms with Crippen LogP contribution in [0.3, 0.4) is 0 Å². The van der Waals surface area contributed by atoms with Crippen LogP contribution in [0.4, 0.5) is 5.95 Å². The lowest BCUT2D eigenvalue weighted by molar-refractivity contribution is 0.221. The molecule has 1 aliphatic rings. The average Bonchev–Trinajstić information content (AvgIpc) is 2.25. The molecule has 2 heterocycles. The molecule has 19 heavy (non-hydrogen) atoms. The van der Waals surface area contributed by atoms with Crippen molar-refractivity contribution in [2.45, 2.75) is 46.6 Å². The van der Waals surface area contributed by atoms with E-state index in [1.54, 1.807) is 0 Å². The van der Waals surface area contributed by atoms with Crippen molar-refractivity contribution >= 4 is 17.5 Å². The summed E-state index contributed by atoms with van der Waals surface area (Å²) >= 11 is 5.95. The molecule has 0 atom stereocenters. The highest BCUT2D eigenvalue weighted by atomic mass is 35.5. The van der Waals surface area contributed by atoms with Gasteiger partial charge in [-0.15, -0.1) is 0 Å². The number of ether oxygens (including phenoxy) is 1. The van der Waals surface area contributed by atoms with Crippen molar-refractivity contribution in [2.75, 3.05) is 18.0 Å². The predicted molar refractivity (Wildman–Crippen MR) is 75.8 cm³/mol. The van der Waals surface area contributed by atoms with Gasteiger partial charge >= 0.3 is 6.01 Å². The van der Waals surface area contributed by atoms with E-state index in [4.69, 9.17) is 16.3 Å². The number of hydrogen-bond donors (Lipinski definition) is 0. The van der Waals surface area contributed by atoms with Crippen molar-refractivity contribution in [1.82, 2.24) is 15.0 Å². The van der Waals surface area contributed by atoms with Crippen molar-refractivity contribution in [3.05, 3.63) is 5.28 Å². The number of halogens is 1. The van der Waals surface area contributed by atoms with Crippen LogP contribution in [-0.2, 0) is 0 Å². The smallest absolute Gasteiger partial charge is 0.322 e. The van der Waals surface area contributed by atoms with E-state index in [2.05, 4.69) is 33.7 Å². The first-order chi connectivity index (χ1) is 8.85. The highest BCUT2D eigenvalue weighted by molar-refractivity contribution is 6.28. The number of aromatic nitrogens is 3. The molecule has 1 aromatic rings. The molecule has 0 aliphatic carbocycles. The van der Waals surface area contributed by atoms with Gasteiger partial charge in [-0.05, 0) is 43.7 Å². The molecule has 0 unspecified atom stereocenters. The Morgan fingerprint density at radius 1 is 1.26 bits per heavy atom. The standard InChI is InChI=1S/C13H21ClN4O/c1-9(2)19-12-16-10(14)15-11(17-12)18-7-5-6-13(3,4)8-18/h9H,5-8H2,1-4H3. The van der Waals surface area contributed by atoms with E-state index in [-0.39, 0.29) is 16.8 Å². The fourth-order valence-corrected chi connectivity index (χ4v) is 2.47. The molecular weight excluding hydrogens is 264 g/mol. The second kappa shape index (κ2) is 5.49. The summed E-state index contributed by atoms with van der Waals surface area (Å²) < 4.78 is 5.51. The Bertz CT molecular complexity index is 450. The minimum atomic E-state index is 0.0177. The van der Waals surface area contributed by atoms with Gasteiger partial charge in [-0.2, -0.15) is 15.0 Å². The zero-order valence-corrected chi connectivity index (χ0v) is 12.7. The fourth-order valence-electron chi connectivity index (χ4n) is 2.32. The number of anilines is 1. The molecular formula is C13H21ClN4O. The van der Waals surface area contributed by atoms with Crippen LogP contribution >= 0.6 is 11.6 Å². The number of hydrogen-bond acceptors (Lipinski definition) is 5. The topological polar surface area (TPSA) is 51.1 Å². The summed E-state index contributed by atoms with van der Waals surface area (Å²) in [5.41, 5.74) is 0.274. The van der Waals surface area contributed by atoms with Crippen LogP contribution in [-0.4, -0.2) is 34.1 Å². The lowest BCUT2D eigenvalue weighted by Crippen LogP contribution is -2.41. The first kappa shape index (κ1) is 14.3. The summed E-state index contributed by atoms with van der Waals surface area (Å²) in [5, 5.41) is 0.184. The van der Waals surface area contributed by atoms with Crippen molar-refractivity contribution in [2.24, 2.45) is 5.41 Å². The summed E-state index contributed by atoms with van der Waals surface area (Å²) in [6.07, 6.45) is 2.37. The van der Waals surface area contributed by atoms with E-state index in [9.17, 15) is 0 Å². The Balaban J connectivity index is 2.21. The van der Waals surface area contributed by atoms with E-state index < -0.39 is 0 Å². The van der Waals surface area contributed by atoms with Gasteiger partial charge in [0.1, 0.15) is 0 Å². The van der Waals surface area contributed by atoms with E-state index in [1.807, 2.05) is 13.8 Å². The highest BCUT2D eigenvalue weighted by Crippen LogP contribution is 2.30. The van der Waals surface area contributed by atoms with Crippen LogP contribution in [0.15, 0.2) is 0 Å². The van der Waals surface area contributed by atoms with Gasteiger partial charge < -0.3 is 9.64 Å². The van der Waals surface area contributed by atoms with Gasteiger partial charge in [0, 0.05) is 13.1 Å². The van der Waals surface area contributed by atoms with Crippen molar-refractivity contribution in [1.29, 1.82) is 0 Å². The number of rotatable bonds is 3. The molecule has 0 N–H and O–H groups in total. The Labute approximate surface area is 119 Å². The first-order valence-corrected chi connectivity index (χ1v) is 7.07. The van der Waals surface area contributed by atoms with Crippen LogP contribution in [0.25, 0.3) is 0 Å². The van der Waals surface area contributed by atoms with E-state index in [1.165, 1.54) is 6.42 Å². The summed E-state index contributed by atoms with van der Waals surface area (Å²) in [6.45, 7) is 10.3. The summed E-state index contributed by atoms with van der Waals surface area (Å²) in [5.74, 6) is 0.614. The van der Waals surface area contributed by atoms with Gasteiger partial charge in [0.15, 0.2) is 0 Å². The minimum absolute atomic E-state index is 0.0177. The van der Waals surface area contributed by atoms with E-state index in [0.717, 1.165) is 19.5 Å². The van der Waals surface area contributed by atoms with Crippen molar-refractivity contribution in [3.63, 3.8) is 0 Å². The second-order valence-electron chi connectivity index (χ2n) is 6.04. The maximum Gasteiger partial charge on any atom is 0.322 e. The van der Waals surface area contributed by atoms with Gasteiger partial charge in [-0.3, -0.25) is 0 Å². The molecule has 0 saturated carbocycles. The Hall–Kier alpha value is -1.10. The Morgan fingerprint density at radius 3 is 2.63 bits per heavy atom. The van der Waals surface area contributed by atoms with E-state index >= 15 is 0 Å². The normalized spacial score (nSPS) is 18.7. The van der Waals surface area contributed by atoms with Gasteiger partial charge in [0.25, 0.3) is 0 Å². The van der Waals surface area contributed by atoms with Crippen LogP contribution in [0.5, 0.6) is 6.01 Å². The van der Waals surface area contributed by atoms with Crippen LogP contribution in [0.1, 0.15) is 40.5 Å². The third-order valence-corrected chi connectivity index (χ3v) is 3.27. The van der Waals surface area contributed by atoms with Gasteiger partial charge in [-0.25, -0.2) is 0 Å². The molecule has 1 saturated heterocycles. The Morgan fingerprint density at radius 2 is 2.00 bits per heavy atom. The van der Waals surface area contributed by atoms with Gasteiger partial charge in [-0.1, -0.05) is 13.8 Å². The van der Waals surface area contributed by atoms with Crippen LogP contribution in [0, 0.1) is 5.41 Å². The maximum absolute atomic E-state index is 5.95. The minimum Gasteiger partial charge on any atom is -0.461 e. The van der Waals surface area contributed by atoms with Crippen LogP contribution in [0.2, 0.25) is 5.28 Å². The lowest BCUT2D eigenvalue weighted by atomic mass is 9.84. The monoisotopic (exact) mass is 284 g/mol. The fraction of sp³-hybridized carbons (Fsp3) is 0.769. The molecule has 2 rings (SSSR count). The predicted octanol–water partition coefficient (Wildman–Crippen LogP) is 2.94. The summed E-state index contributed by atoms with van der Waals surface area (Å²) in [4.78, 5) is 14.7. The second-order valence-corrected chi connectivity index (χ2v) is 6.38. The maximum atomic E-state index is 5.95. The van der Waals surface area contributed by atoms with Crippen LogP contribution < -0.4 is 9.64 Å². The number of nitrogens with zero attached hydrogens (tertiary/aromatic N) is 4. The molecule has 0 aromatic carbocycles. The lowest BCUT2D eigenvalue weighted by Gasteiger charge is -2.37. The van der Waals surface area contributed by atoms with E-state index in [0.29, 0.717) is 12.0 Å². The molecule has 1 aromatic heterocycles. The van der Waals surface area contributed by atoms with Gasteiger partial charge in [0.05, 0.1) is 6.10 Å². The SMILES string of the molecule is CC(C)Oc1nc(Cl)nc(N2CCCC(C)(C)C2)n1. The molecule has 106 valence electrons. The van der Waals surface area contributed by atoms with Gasteiger partial charge in [0.2, 0.25) is 11.2 Å². The zero-order valence-electron chi connectivity index (χ0n) is 12.0. The van der Waals surface area contributed by atoms with Crippen molar-refractivity contribution in [3.8, 4) is 6.01 Å². The third-order valence-electron chi connectivity index (χ3n) is 3.10. The molecule has 6 heteroatoms. The third kappa shape index (κ3) is 3.93. The summed E-state index contributed by atoms with van der Waals surface area (Å²) in [7, 11) is 0. The highest BCUT2D eigenvalue weighted by Gasteiger charge is 2.28. The molecule has 1 aliphatic heterocycles. The molecule has 0 spiro atoms. The molecule has 1 fully saturated rings. The Kier molecular flexibility index (Phi) is 4.13. The zero-order chi connectivity index (χ0) is 14.0. The molecule has 5 nitrogen and oxygen atoms in total. The average molecular weight is 285 g/mol. The number of piperidine rings is 1. The van der Waals surface area contributed by atoms with Crippen molar-refractivity contribution < 1.29 is 4.74 Å². The molecule has 0 bridgehead atoms. The largest absolute Gasteiger partial charge is 0.461 e. The summed E-state index contributed by atoms with van der Waals surface area (Å²) in [6, 6.07) is 0.299. The molecule has 0 radical (unpaired) electrons. The molecule has 0 amide bonds.